The van der Waals surface area contributed by atoms with Crippen molar-refractivity contribution in [1.82, 2.24) is 4.98 Å². The van der Waals surface area contributed by atoms with Crippen LogP contribution in [0.1, 0.15) is 4.88 Å². The Morgan fingerprint density at radius 1 is 1.22 bits per heavy atom. The lowest BCUT2D eigenvalue weighted by atomic mass is 10.3. The molecule has 0 unspecified atom stereocenters. The molecule has 3 rings (SSSR count). The Balaban J connectivity index is 1.78. The fraction of sp³-hybridized carbons (Fsp3) is 0.200. The molecule has 0 aliphatic carbocycles. The van der Waals surface area contributed by atoms with Crippen LogP contribution in [0, 0.1) is 0 Å². The largest absolute Gasteiger partial charge is 0.493 e. The van der Waals surface area contributed by atoms with E-state index in [4.69, 9.17) is 21.1 Å². The van der Waals surface area contributed by atoms with Crippen molar-refractivity contribution < 1.29 is 14.3 Å². The maximum atomic E-state index is 12.1. The summed E-state index contributed by atoms with van der Waals surface area (Å²) in [4.78, 5) is 17.4. The number of benzene rings is 1. The highest BCUT2D eigenvalue weighted by Crippen LogP contribution is 2.36. The number of amides is 1. The Labute approximate surface area is 145 Å². The molecule has 0 radical (unpaired) electrons. The minimum Gasteiger partial charge on any atom is -0.493 e. The van der Waals surface area contributed by atoms with E-state index in [0.29, 0.717) is 21.0 Å². The first kappa shape index (κ1) is 16.0. The molecule has 8 heteroatoms. The van der Waals surface area contributed by atoms with Crippen molar-refractivity contribution >= 4 is 55.5 Å². The zero-order valence-electron chi connectivity index (χ0n) is 12.4. The van der Waals surface area contributed by atoms with Crippen molar-refractivity contribution in [3.05, 3.63) is 33.5 Å². The van der Waals surface area contributed by atoms with E-state index in [0.717, 1.165) is 15.1 Å². The molecule has 2 heterocycles. The van der Waals surface area contributed by atoms with Crippen LogP contribution >= 0.6 is 34.3 Å². The smallest absolute Gasteiger partial charge is 0.231 e. The summed E-state index contributed by atoms with van der Waals surface area (Å²) in [6.07, 6.45) is 0.278. The molecule has 1 amide bonds. The fourth-order valence-electron chi connectivity index (χ4n) is 2.08. The van der Waals surface area contributed by atoms with Gasteiger partial charge in [0.25, 0.3) is 0 Å². The lowest BCUT2D eigenvalue weighted by Gasteiger charge is -2.05. The van der Waals surface area contributed by atoms with Crippen LogP contribution in [0.25, 0.3) is 10.2 Å². The molecule has 2 aromatic heterocycles. The van der Waals surface area contributed by atoms with Crippen molar-refractivity contribution in [3.63, 3.8) is 0 Å². The number of carbonyl (C=O) groups is 1. The van der Waals surface area contributed by atoms with E-state index in [1.807, 2.05) is 12.1 Å². The zero-order valence-corrected chi connectivity index (χ0v) is 14.8. The second-order valence-corrected chi connectivity index (χ2v) is 7.45. The second-order valence-electron chi connectivity index (χ2n) is 4.62. The summed E-state index contributed by atoms with van der Waals surface area (Å²) < 4.78 is 12.1. The van der Waals surface area contributed by atoms with Gasteiger partial charge in [-0.05, 0) is 12.1 Å². The average Bonchev–Trinajstić information content (AvgIpc) is 3.10. The predicted octanol–water partition coefficient (Wildman–Crippen LogP) is 4.21. The molecule has 3 aromatic rings. The maximum Gasteiger partial charge on any atom is 0.231 e. The Bertz CT molecular complexity index is 819. The SMILES string of the molecule is COc1cc2nc(NC(=O)Cc3ccc(Cl)s3)sc2cc1OC. The second kappa shape index (κ2) is 6.74. The summed E-state index contributed by atoms with van der Waals surface area (Å²) in [5.41, 5.74) is 0.752. The van der Waals surface area contributed by atoms with Gasteiger partial charge in [-0.1, -0.05) is 22.9 Å². The van der Waals surface area contributed by atoms with Gasteiger partial charge >= 0.3 is 0 Å². The number of aromatic nitrogens is 1. The van der Waals surface area contributed by atoms with Crippen molar-refractivity contribution in [1.29, 1.82) is 0 Å². The topological polar surface area (TPSA) is 60.5 Å². The average molecular weight is 369 g/mol. The molecule has 0 fully saturated rings. The highest BCUT2D eigenvalue weighted by molar-refractivity contribution is 7.22. The summed E-state index contributed by atoms with van der Waals surface area (Å²) in [5.74, 6) is 1.12. The van der Waals surface area contributed by atoms with E-state index in [-0.39, 0.29) is 12.3 Å². The number of methoxy groups -OCH3 is 2. The van der Waals surface area contributed by atoms with Gasteiger partial charge in [-0.15, -0.1) is 11.3 Å². The highest BCUT2D eigenvalue weighted by Gasteiger charge is 2.13. The number of hydrogen-bond donors (Lipinski definition) is 1. The van der Waals surface area contributed by atoms with Crippen molar-refractivity contribution in [2.45, 2.75) is 6.42 Å². The molecule has 0 aliphatic rings. The molecular formula is C15H13ClN2O3S2. The molecule has 5 nitrogen and oxygen atoms in total. The van der Waals surface area contributed by atoms with E-state index >= 15 is 0 Å². The molecule has 0 aliphatic heterocycles. The highest BCUT2D eigenvalue weighted by atomic mass is 35.5. The lowest BCUT2D eigenvalue weighted by molar-refractivity contribution is -0.115. The third-order valence-corrected chi connectivity index (χ3v) is 5.27. The Morgan fingerprint density at radius 2 is 1.96 bits per heavy atom. The summed E-state index contributed by atoms with van der Waals surface area (Å²) in [7, 11) is 3.16. The summed E-state index contributed by atoms with van der Waals surface area (Å²) in [6, 6.07) is 7.27. The molecule has 1 N–H and O–H groups in total. The summed E-state index contributed by atoms with van der Waals surface area (Å²) in [6.45, 7) is 0. The number of nitrogens with zero attached hydrogens (tertiary/aromatic N) is 1. The van der Waals surface area contributed by atoms with Crippen LogP contribution < -0.4 is 14.8 Å². The molecule has 0 atom stereocenters. The third kappa shape index (κ3) is 3.57. The lowest BCUT2D eigenvalue weighted by Crippen LogP contribution is -2.13. The number of rotatable bonds is 5. The van der Waals surface area contributed by atoms with Gasteiger partial charge in [-0.2, -0.15) is 0 Å². The van der Waals surface area contributed by atoms with E-state index in [1.54, 1.807) is 26.4 Å². The third-order valence-electron chi connectivity index (χ3n) is 3.10. The van der Waals surface area contributed by atoms with Gasteiger partial charge in [0.15, 0.2) is 16.6 Å². The Morgan fingerprint density at radius 3 is 2.61 bits per heavy atom. The van der Waals surface area contributed by atoms with E-state index in [2.05, 4.69) is 10.3 Å². The number of thiophene rings is 1. The molecule has 0 bridgehead atoms. The van der Waals surface area contributed by atoms with Crippen LogP contribution in [-0.2, 0) is 11.2 Å². The first-order valence-electron chi connectivity index (χ1n) is 6.65. The number of thiazole rings is 1. The van der Waals surface area contributed by atoms with Crippen molar-refractivity contribution in [2.24, 2.45) is 0 Å². The standard InChI is InChI=1S/C15H13ClN2O3S2/c1-20-10-6-9-12(7-11(10)21-2)23-15(17-9)18-14(19)5-8-3-4-13(16)22-8/h3-4,6-7H,5H2,1-2H3,(H,17,18,19). The molecule has 0 saturated heterocycles. The number of fused-ring (bicyclic) bond motifs is 1. The van der Waals surface area contributed by atoms with Crippen LogP contribution in [0.2, 0.25) is 4.34 Å². The number of anilines is 1. The van der Waals surface area contributed by atoms with E-state index < -0.39 is 0 Å². The monoisotopic (exact) mass is 368 g/mol. The van der Waals surface area contributed by atoms with Crippen LogP contribution in [0.3, 0.4) is 0 Å². The number of hydrogen-bond acceptors (Lipinski definition) is 6. The van der Waals surface area contributed by atoms with Gasteiger partial charge in [0, 0.05) is 17.0 Å². The summed E-state index contributed by atoms with van der Waals surface area (Å²) in [5, 5.41) is 3.36. The zero-order chi connectivity index (χ0) is 16.4. The van der Waals surface area contributed by atoms with Gasteiger partial charge in [0.05, 0.1) is 35.2 Å². The first-order valence-corrected chi connectivity index (χ1v) is 8.67. The Kier molecular flexibility index (Phi) is 4.70. The minimum atomic E-state index is -0.124. The van der Waals surface area contributed by atoms with Crippen LogP contribution in [0.15, 0.2) is 24.3 Å². The number of ether oxygens (including phenoxy) is 2. The predicted molar refractivity (Wildman–Crippen MR) is 94.4 cm³/mol. The van der Waals surface area contributed by atoms with Crippen LogP contribution in [0.5, 0.6) is 11.5 Å². The van der Waals surface area contributed by atoms with Crippen molar-refractivity contribution in [3.8, 4) is 11.5 Å². The van der Waals surface area contributed by atoms with Gasteiger partial charge in [-0.3, -0.25) is 4.79 Å². The molecule has 120 valence electrons. The van der Waals surface area contributed by atoms with Gasteiger partial charge < -0.3 is 14.8 Å². The summed E-state index contributed by atoms with van der Waals surface area (Å²) >= 11 is 8.65. The van der Waals surface area contributed by atoms with Crippen LogP contribution in [0.4, 0.5) is 5.13 Å². The molecule has 1 aromatic carbocycles. The van der Waals surface area contributed by atoms with Crippen molar-refractivity contribution in [2.75, 3.05) is 19.5 Å². The quantitative estimate of drug-likeness (QED) is 0.732. The number of nitrogens with one attached hydrogen (secondary N) is 1. The van der Waals surface area contributed by atoms with Gasteiger partial charge in [0.1, 0.15) is 0 Å². The molecule has 0 saturated carbocycles. The van der Waals surface area contributed by atoms with E-state index in [1.165, 1.54) is 22.7 Å². The fourth-order valence-corrected chi connectivity index (χ4v) is 4.06. The van der Waals surface area contributed by atoms with E-state index in [9.17, 15) is 4.79 Å². The van der Waals surface area contributed by atoms with Crippen LogP contribution in [-0.4, -0.2) is 25.1 Å². The number of halogens is 1. The number of carbonyl (C=O) groups excluding carboxylic acids is 1. The van der Waals surface area contributed by atoms with Gasteiger partial charge in [-0.25, -0.2) is 4.98 Å². The maximum absolute atomic E-state index is 12.1. The minimum absolute atomic E-state index is 0.124. The van der Waals surface area contributed by atoms with Gasteiger partial charge in [0.2, 0.25) is 5.91 Å². The molecule has 23 heavy (non-hydrogen) atoms. The normalized spacial score (nSPS) is 10.7. The first-order chi connectivity index (χ1) is 11.1. The Hall–Kier alpha value is -1.83. The molecule has 0 spiro atoms. The molecular weight excluding hydrogens is 356 g/mol.